The van der Waals surface area contributed by atoms with Gasteiger partial charge >= 0.3 is 0 Å². The van der Waals surface area contributed by atoms with Crippen LogP contribution in [-0.2, 0) is 0 Å². The highest BCUT2D eigenvalue weighted by Gasteiger charge is 2.22. The van der Waals surface area contributed by atoms with Gasteiger partial charge in [-0.25, -0.2) is 0 Å². The highest BCUT2D eigenvalue weighted by molar-refractivity contribution is 8.02. The van der Waals surface area contributed by atoms with Crippen LogP contribution < -0.4 is 11.5 Å². The molecule has 1 atom stereocenters. The predicted octanol–water partition coefficient (Wildman–Crippen LogP) is 2.84. The van der Waals surface area contributed by atoms with E-state index in [1.165, 1.54) is 0 Å². The van der Waals surface area contributed by atoms with E-state index in [2.05, 4.69) is 17.2 Å². The molecule has 3 nitrogen and oxygen atoms in total. The fourth-order valence-corrected chi connectivity index (χ4v) is 3.51. The van der Waals surface area contributed by atoms with E-state index in [0.717, 1.165) is 43.6 Å². The smallest absolute Gasteiger partial charge is 0.0596 e. The largest absolute Gasteiger partial charge is 0.398 e. The lowest BCUT2D eigenvalue weighted by molar-refractivity contribution is 0.196. The van der Waals surface area contributed by atoms with E-state index >= 15 is 0 Å². The molecule has 110 valence electrons. The summed E-state index contributed by atoms with van der Waals surface area (Å²) < 4.78 is 0. The molecule has 1 aliphatic rings. The lowest BCUT2D eigenvalue weighted by Crippen LogP contribution is -2.43. The minimum atomic E-state index is 0.388. The third kappa shape index (κ3) is 4.27. The van der Waals surface area contributed by atoms with Crippen LogP contribution in [0.15, 0.2) is 35.7 Å². The van der Waals surface area contributed by atoms with E-state index in [0.29, 0.717) is 11.4 Å². The van der Waals surface area contributed by atoms with Crippen LogP contribution in [0.3, 0.4) is 0 Å². The third-order valence-electron chi connectivity index (χ3n) is 3.79. The van der Waals surface area contributed by atoms with Gasteiger partial charge in [-0.3, -0.25) is 4.90 Å². The van der Waals surface area contributed by atoms with E-state index < -0.39 is 0 Å². The molecule has 1 aromatic carbocycles. The second-order valence-electron chi connectivity index (χ2n) is 5.31. The number of hydrogen-bond acceptors (Lipinski definition) is 4. The zero-order valence-electron chi connectivity index (χ0n) is 12.2. The molecule has 0 spiro atoms. The topological polar surface area (TPSA) is 55.3 Å². The molecule has 1 aromatic rings. The van der Waals surface area contributed by atoms with Crippen LogP contribution in [0.25, 0.3) is 5.70 Å². The summed E-state index contributed by atoms with van der Waals surface area (Å²) in [5.74, 6) is 0. The van der Waals surface area contributed by atoms with Crippen molar-refractivity contribution in [2.75, 3.05) is 13.1 Å². The Morgan fingerprint density at radius 3 is 2.60 bits per heavy atom. The van der Waals surface area contributed by atoms with Crippen molar-refractivity contribution in [3.63, 3.8) is 0 Å². The Hall–Kier alpha value is -0.970. The number of nitrogens with zero attached hydrogens (tertiary/aromatic N) is 1. The van der Waals surface area contributed by atoms with Gasteiger partial charge in [-0.2, -0.15) is 0 Å². The van der Waals surface area contributed by atoms with Crippen molar-refractivity contribution in [2.24, 2.45) is 11.5 Å². The molecule has 2 rings (SSSR count). The Labute approximate surface area is 126 Å². The fourth-order valence-electron chi connectivity index (χ4n) is 2.50. The lowest BCUT2D eigenvalue weighted by Gasteiger charge is -2.35. The van der Waals surface area contributed by atoms with Crippen LogP contribution in [0.5, 0.6) is 0 Å². The zero-order chi connectivity index (χ0) is 14.4. The molecule has 4 N–H and O–H groups in total. The van der Waals surface area contributed by atoms with Crippen molar-refractivity contribution >= 4 is 17.5 Å². The first-order valence-electron chi connectivity index (χ1n) is 7.37. The number of thioether (sulfide) groups is 1. The molecule has 0 bridgehead atoms. The predicted molar refractivity (Wildman–Crippen MR) is 89.1 cm³/mol. The monoisotopic (exact) mass is 291 g/mol. The Morgan fingerprint density at radius 2 is 2.00 bits per heavy atom. The molecular weight excluding hydrogens is 266 g/mol. The Kier molecular flexibility index (Phi) is 5.95. The van der Waals surface area contributed by atoms with Crippen molar-refractivity contribution in [3.05, 3.63) is 41.3 Å². The standard InChI is InChI=1S/C16H25N3S/c1-2-16(19-10-8-14(17)9-11-19)20-12-15(18)13-6-4-3-5-7-13/h3-7,12,14,16H,2,8-11,17-18H2,1H3/b15-12-. The highest BCUT2D eigenvalue weighted by atomic mass is 32.2. The van der Waals surface area contributed by atoms with E-state index in [1.807, 2.05) is 42.1 Å². The summed E-state index contributed by atoms with van der Waals surface area (Å²) in [5.41, 5.74) is 14.1. The summed E-state index contributed by atoms with van der Waals surface area (Å²) in [4.78, 5) is 2.53. The third-order valence-corrected chi connectivity index (χ3v) is 5.13. The summed E-state index contributed by atoms with van der Waals surface area (Å²) in [6.45, 7) is 4.44. The fraction of sp³-hybridized carbons (Fsp3) is 0.500. The van der Waals surface area contributed by atoms with Crippen molar-refractivity contribution in [3.8, 4) is 0 Å². The molecular formula is C16H25N3S. The quantitative estimate of drug-likeness (QED) is 0.876. The van der Waals surface area contributed by atoms with E-state index in [9.17, 15) is 0 Å². The number of piperidine rings is 1. The average molecular weight is 291 g/mol. The van der Waals surface area contributed by atoms with Crippen molar-refractivity contribution in [2.45, 2.75) is 37.6 Å². The van der Waals surface area contributed by atoms with Gasteiger partial charge < -0.3 is 11.5 Å². The zero-order valence-corrected chi connectivity index (χ0v) is 13.0. The molecule has 1 unspecified atom stereocenters. The van der Waals surface area contributed by atoms with Gasteiger partial charge in [0.1, 0.15) is 0 Å². The van der Waals surface area contributed by atoms with Crippen LogP contribution >= 0.6 is 11.8 Å². The van der Waals surface area contributed by atoms with E-state index in [1.54, 1.807) is 0 Å². The molecule has 0 aromatic heterocycles. The second kappa shape index (κ2) is 7.72. The van der Waals surface area contributed by atoms with Gasteiger partial charge in [0, 0.05) is 24.8 Å². The first-order valence-corrected chi connectivity index (χ1v) is 8.31. The maximum atomic E-state index is 6.15. The molecule has 4 heteroatoms. The number of rotatable bonds is 5. The maximum absolute atomic E-state index is 6.15. The van der Waals surface area contributed by atoms with Crippen molar-refractivity contribution in [1.82, 2.24) is 4.90 Å². The Morgan fingerprint density at radius 1 is 1.35 bits per heavy atom. The van der Waals surface area contributed by atoms with Crippen LogP contribution in [-0.4, -0.2) is 29.4 Å². The number of nitrogens with two attached hydrogens (primary N) is 2. The average Bonchev–Trinajstić information content (AvgIpc) is 2.50. The molecule has 0 saturated carbocycles. The highest BCUT2D eigenvalue weighted by Crippen LogP contribution is 2.25. The first kappa shape index (κ1) is 15.4. The molecule has 1 aliphatic heterocycles. The van der Waals surface area contributed by atoms with Crippen LogP contribution in [0.1, 0.15) is 31.7 Å². The summed E-state index contributed by atoms with van der Waals surface area (Å²) in [7, 11) is 0. The van der Waals surface area contributed by atoms with Crippen molar-refractivity contribution < 1.29 is 0 Å². The normalized spacial score (nSPS) is 20.0. The van der Waals surface area contributed by atoms with E-state index in [-0.39, 0.29) is 0 Å². The van der Waals surface area contributed by atoms with Crippen LogP contribution in [0, 0.1) is 0 Å². The number of likely N-dealkylation sites (tertiary alicyclic amines) is 1. The van der Waals surface area contributed by atoms with Gasteiger partial charge in [0.2, 0.25) is 0 Å². The molecule has 0 aliphatic carbocycles. The minimum absolute atomic E-state index is 0.388. The van der Waals surface area contributed by atoms with Gasteiger partial charge in [0.25, 0.3) is 0 Å². The van der Waals surface area contributed by atoms with Gasteiger partial charge in [-0.1, -0.05) is 37.3 Å². The number of benzene rings is 1. The summed E-state index contributed by atoms with van der Waals surface area (Å²) in [5, 5.41) is 2.60. The van der Waals surface area contributed by atoms with Gasteiger partial charge in [0.05, 0.1) is 5.37 Å². The van der Waals surface area contributed by atoms with Crippen molar-refractivity contribution in [1.29, 1.82) is 0 Å². The molecule has 1 heterocycles. The SMILES string of the molecule is CCC(S/C=C(\N)c1ccccc1)N1CCC(N)CC1. The molecule has 1 fully saturated rings. The summed E-state index contributed by atoms with van der Waals surface area (Å²) in [6, 6.07) is 10.5. The summed E-state index contributed by atoms with van der Waals surface area (Å²) in [6.07, 6.45) is 3.34. The van der Waals surface area contributed by atoms with Crippen LogP contribution in [0.4, 0.5) is 0 Å². The van der Waals surface area contributed by atoms with Crippen LogP contribution in [0.2, 0.25) is 0 Å². The number of hydrogen-bond donors (Lipinski definition) is 2. The minimum Gasteiger partial charge on any atom is -0.398 e. The maximum Gasteiger partial charge on any atom is 0.0596 e. The molecule has 20 heavy (non-hydrogen) atoms. The van der Waals surface area contributed by atoms with E-state index in [4.69, 9.17) is 11.5 Å². The second-order valence-corrected chi connectivity index (χ2v) is 6.36. The lowest BCUT2D eigenvalue weighted by atomic mass is 10.1. The van der Waals surface area contributed by atoms with Gasteiger partial charge in [-0.15, -0.1) is 11.8 Å². The Bertz CT molecular complexity index is 425. The van der Waals surface area contributed by atoms with Gasteiger partial charge in [0.15, 0.2) is 0 Å². The first-order chi connectivity index (χ1) is 9.70. The molecule has 0 radical (unpaired) electrons. The summed E-state index contributed by atoms with van der Waals surface area (Å²) >= 11 is 1.83. The van der Waals surface area contributed by atoms with Gasteiger partial charge in [-0.05, 0) is 30.2 Å². The molecule has 0 amide bonds. The molecule has 1 saturated heterocycles. The Balaban J connectivity index is 1.93.